The first-order valence-corrected chi connectivity index (χ1v) is 7.97. The van der Waals surface area contributed by atoms with Crippen molar-refractivity contribution < 1.29 is 4.43 Å². The molecule has 1 saturated heterocycles. The Kier molecular flexibility index (Phi) is 1.84. The average Bonchev–Trinajstić information content (AvgIpc) is 2.21. The van der Waals surface area contributed by atoms with E-state index in [-0.39, 0.29) is 0 Å². The molecule has 0 spiro atoms. The summed E-state index contributed by atoms with van der Waals surface area (Å²) in [5.41, 5.74) is 0. The summed E-state index contributed by atoms with van der Waals surface area (Å²) in [6, 6.07) is 1.43. The molecule has 2 rings (SSSR count). The van der Waals surface area contributed by atoms with Crippen LogP contribution in [0.3, 0.4) is 0 Å². The Balaban J connectivity index is 2.03. The molecule has 0 bridgehead atoms. The van der Waals surface area contributed by atoms with Gasteiger partial charge in [-0.15, -0.1) is 0 Å². The van der Waals surface area contributed by atoms with Crippen LogP contribution in [0.1, 0.15) is 25.7 Å². The molecule has 0 unspecified atom stereocenters. The van der Waals surface area contributed by atoms with Gasteiger partial charge in [-0.25, -0.2) is 0 Å². The van der Waals surface area contributed by atoms with Crippen molar-refractivity contribution in [1.29, 1.82) is 0 Å². The summed E-state index contributed by atoms with van der Waals surface area (Å²) in [4.78, 5) is 0. The smallest absolute Gasteiger partial charge is 0.187 e. The van der Waals surface area contributed by atoms with Crippen LogP contribution in [0.25, 0.3) is 0 Å². The quantitative estimate of drug-likeness (QED) is 0.508. The minimum Gasteiger partial charge on any atom is -0.414 e. The van der Waals surface area contributed by atoms with Gasteiger partial charge in [-0.2, -0.15) is 0 Å². The Morgan fingerprint density at radius 1 is 1.18 bits per heavy atom. The van der Waals surface area contributed by atoms with Gasteiger partial charge in [0.05, 0.1) is 0 Å². The summed E-state index contributed by atoms with van der Waals surface area (Å²) >= 11 is 0. The van der Waals surface area contributed by atoms with Crippen molar-refractivity contribution in [2.75, 3.05) is 0 Å². The van der Waals surface area contributed by atoms with Crippen LogP contribution in [-0.4, -0.2) is 14.4 Å². The molecule has 64 valence electrons. The van der Waals surface area contributed by atoms with Crippen LogP contribution in [0.15, 0.2) is 0 Å². The van der Waals surface area contributed by atoms with Crippen molar-refractivity contribution >= 4 is 8.32 Å². The minimum absolute atomic E-state index is 0.672. The van der Waals surface area contributed by atoms with E-state index < -0.39 is 8.32 Å². The van der Waals surface area contributed by atoms with Crippen molar-refractivity contribution in [2.45, 2.75) is 50.9 Å². The van der Waals surface area contributed by atoms with E-state index >= 15 is 0 Å². The molecule has 1 nitrogen and oxygen atoms in total. The molecular formula is C9H18OSi. The van der Waals surface area contributed by atoms with E-state index in [9.17, 15) is 0 Å². The molecule has 0 radical (unpaired) electrons. The Bertz CT molecular complexity index is 140. The number of hydrogen-bond donors (Lipinski definition) is 0. The summed E-state index contributed by atoms with van der Waals surface area (Å²) in [5, 5.41) is 0. The standard InChI is InChI=1S/C9H18OSi/c1-11(2)7-8-5-3-4-6-9(8)10-11/h8-9H,3-7H2,1-2H3/t8-,9-/m1/s1. The lowest BCUT2D eigenvalue weighted by molar-refractivity contribution is 0.135. The topological polar surface area (TPSA) is 9.23 Å². The van der Waals surface area contributed by atoms with E-state index in [2.05, 4.69) is 13.1 Å². The second-order valence-corrected chi connectivity index (χ2v) is 8.83. The predicted octanol–water partition coefficient (Wildman–Crippen LogP) is 2.78. The third-order valence-electron chi connectivity index (χ3n) is 3.06. The van der Waals surface area contributed by atoms with Crippen LogP contribution in [0.5, 0.6) is 0 Å². The van der Waals surface area contributed by atoms with Crippen LogP contribution in [0, 0.1) is 5.92 Å². The maximum Gasteiger partial charge on any atom is 0.187 e. The summed E-state index contributed by atoms with van der Waals surface area (Å²) in [6.45, 7) is 4.73. The number of fused-ring (bicyclic) bond motifs is 1. The fourth-order valence-electron chi connectivity index (χ4n) is 2.65. The van der Waals surface area contributed by atoms with Crippen molar-refractivity contribution in [3.63, 3.8) is 0 Å². The lowest BCUT2D eigenvalue weighted by Crippen LogP contribution is -2.26. The summed E-state index contributed by atoms with van der Waals surface area (Å²) in [5.74, 6) is 0.949. The molecule has 0 aromatic carbocycles. The zero-order valence-electron chi connectivity index (χ0n) is 7.60. The lowest BCUT2D eigenvalue weighted by Gasteiger charge is -2.24. The van der Waals surface area contributed by atoms with E-state index in [0.29, 0.717) is 6.10 Å². The maximum atomic E-state index is 6.09. The van der Waals surface area contributed by atoms with Gasteiger partial charge >= 0.3 is 0 Å². The average molecular weight is 170 g/mol. The van der Waals surface area contributed by atoms with Gasteiger partial charge in [0.1, 0.15) is 0 Å². The molecule has 0 aromatic heterocycles. The van der Waals surface area contributed by atoms with E-state index in [4.69, 9.17) is 4.43 Å². The van der Waals surface area contributed by atoms with Gasteiger partial charge in [-0.3, -0.25) is 0 Å². The van der Waals surface area contributed by atoms with Gasteiger partial charge in [0.15, 0.2) is 8.32 Å². The van der Waals surface area contributed by atoms with E-state index in [1.807, 2.05) is 0 Å². The van der Waals surface area contributed by atoms with Crippen LogP contribution in [0.2, 0.25) is 19.1 Å². The first-order chi connectivity index (χ1) is 5.17. The first-order valence-electron chi connectivity index (χ1n) is 4.85. The zero-order chi connectivity index (χ0) is 7.90. The van der Waals surface area contributed by atoms with Gasteiger partial charge in [-0.1, -0.05) is 12.8 Å². The Labute approximate surface area is 70.3 Å². The third kappa shape index (κ3) is 1.52. The zero-order valence-corrected chi connectivity index (χ0v) is 8.60. The van der Waals surface area contributed by atoms with Crippen LogP contribution >= 0.6 is 0 Å². The monoisotopic (exact) mass is 170 g/mol. The third-order valence-corrected chi connectivity index (χ3v) is 5.51. The molecule has 2 heteroatoms. The Morgan fingerprint density at radius 2 is 1.91 bits per heavy atom. The molecule has 0 N–H and O–H groups in total. The summed E-state index contributed by atoms with van der Waals surface area (Å²) in [7, 11) is -1.17. The van der Waals surface area contributed by atoms with Crippen LogP contribution in [0.4, 0.5) is 0 Å². The van der Waals surface area contributed by atoms with Crippen LogP contribution < -0.4 is 0 Å². The lowest BCUT2D eigenvalue weighted by atomic mass is 9.88. The number of hydrogen-bond acceptors (Lipinski definition) is 1. The highest BCUT2D eigenvalue weighted by atomic mass is 28.4. The SMILES string of the molecule is C[Si]1(C)C[C@H]2CCCC[C@H]2O1. The summed E-state index contributed by atoms with van der Waals surface area (Å²) < 4.78 is 6.09. The highest BCUT2D eigenvalue weighted by Gasteiger charge is 2.42. The molecule has 2 fully saturated rings. The highest BCUT2D eigenvalue weighted by molar-refractivity contribution is 6.71. The minimum atomic E-state index is -1.17. The van der Waals surface area contributed by atoms with E-state index in [1.165, 1.54) is 31.7 Å². The molecule has 1 saturated carbocycles. The van der Waals surface area contributed by atoms with E-state index in [0.717, 1.165) is 5.92 Å². The van der Waals surface area contributed by atoms with Crippen LogP contribution in [-0.2, 0) is 4.43 Å². The Morgan fingerprint density at radius 3 is 2.64 bits per heavy atom. The molecule has 0 aromatic rings. The fraction of sp³-hybridized carbons (Fsp3) is 1.00. The van der Waals surface area contributed by atoms with Gasteiger partial charge in [0, 0.05) is 6.10 Å². The number of rotatable bonds is 0. The van der Waals surface area contributed by atoms with E-state index in [1.54, 1.807) is 0 Å². The molecule has 11 heavy (non-hydrogen) atoms. The molecule has 0 amide bonds. The van der Waals surface area contributed by atoms with Crippen molar-refractivity contribution in [1.82, 2.24) is 0 Å². The van der Waals surface area contributed by atoms with Gasteiger partial charge in [0.25, 0.3) is 0 Å². The highest BCUT2D eigenvalue weighted by Crippen LogP contribution is 2.40. The van der Waals surface area contributed by atoms with Gasteiger partial charge in [-0.05, 0) is 37.9 Å². The molecule has 1 aliphatic heterocycles. The first kappa shape index (κ1) is 7.81. The maximum absolute atomic E-state index is 6.09. The largest absolute Gasteiger partial charge is 0.414 e. The van der Waals surface area contributed by atoms with Crippen molar-refractivity contribution in [2.24, 2.45) is 5.92 Å². The molecule has 1 heterocycles. The summed E-state index contributed by atoms with van der Waals surface area (Å²) in [6.07, 6.45) is 6.33. The predicted molar refractivity (Wildman–Crippen MR) is 49.1 cm³/mol. The normalized spacial score (nSPS) is 42.0. The second-order valence-electron chi connectivity index (χ2n) is 4.66. The van der Waals surface area contributed by atoms with Gasteiger partial charge in [0.2, 0.25) is 0 Å². The van der Waals surface area contributed by atoms with Crippen molar-refractivity contribution in [3.05, 3.63) is 0 Å². The van der Waals surface area contributed by atoms with Gasteiger partial charge < -0.3 is 4.43 Å². The van der Waals surface area contributed by atoms with Crippen molar-refractivity contribution in [3.8, 4) is 0 Å². The molecule has 1 aliphatic carbocycles. The Hall–Kier alpha value is 0.177. The second kappa shape index (κ2) is 2.59. The molecule has 2 atom stereocenters. The fourth-order valence-corrected chi connectivity index (χ4v) is 5.61. The molecule has 2 aliphatic rings. The molecular weight excluding hydrogens is 152 g/mol.